The predicted molar refractivity (Wildman–Crippen MR) is 140 cm³/mol. The van der Waals surface area contributed by atoms with E-state index < -0.39 is 0 Å². The lowest BCUT2D eigenvalue weighted by Gasteiger charge is -2.47. The maximum Gasteiger partial charge on any atom is 0.253 e. The maximum absolute atomic E-state index is 13.7. The fourth-order valence-corrected chi connectivity index (χ4v) is 6.53. The summed E-state index contributed by atoms with van der Waals surface area (Å²) in [7, 11) is 0. The van der Waals surface area contributed by atoms with Crippen LogP contribution in [0, 0.1) is 19.3 Å². The van der Waals surface area contributed by atoms with Crippen molar-refractivity contribution < 1.29 is 0 Å². The number of hydrogen-bond donors (Lipinski definition) is 1. The van der Waals surface area contributed by atoms with Gasteiger partial charge in [0.05, 0.1) is 11.1 Å². The molecule has 3 aromatic rings. The van der Waals surface area contributed by atoms with Crippen molar-refractivity contribution in [3.05, 3.63) is 51.1 Å². The first kappa shape index (κ1) is 24.2. The SMILES string of the molecule is CCC(C)(C)n1nnnc1[C@@H](c1cc2cc(C)cc(C)c2[nH]c1=O)N1CCCC2(CCCCC2)C1. The van der Waals surface area contributed by atoms with Gasteiger partial charge in [-0.05, 0) is 105 Å². The third-order valence-electron chi connectivity index (χ3n) is 8.76. The second kappa shape index (κ2) is 9.16. The molecule has 2 aromatic heterocycles. The van der Waals surface area contributed by atoms with Crippen molar-refractivity contribution in [2.24, 2.45) is 5.41 Å². The molecular formula is C28H40N6O. The largest absolute Gasteiger partial charge is 0.321 e. The van der Waals surface area contributed by atoms with Gasteiger partial charge in [-0.25, -0.2) is 4.68 Å². The molecule has 1 aromatic carbocycles. The lowest BCUT2D eigenvalue weighted by Crippen LogP contribution is -2.48. The molecule has 1 saturated heterocycles. The average molecular weight is 477 g/mol. The molecule has 1 N–H and O–H groups in total. The van der Waals surface area contributed by atoms with E-state index in [4.69, 9.17) is 0 Å². The van der Waals surface area contributed by atoms with Gasteiger partial charge in [0.1, 0.15) is 6.04 Å². The van der Waals surface area contributed by atoms with Gasteiger partial charge in [0.15, 0.2) is 5.82 Å². The number of nitrogens with zero attached hydrogens (tertiary/aromatic N) is 5. The van der Waals surface area contributed by atoms with Gasteiger partial charge in [0.2, 0.25) is 0 Å². The fourth-order valence-electron chi connectivity index (χ4n) is 6.53. The number of piperidine rings is 1. The first-order valence-electron chi connectivity index (χ1n) is 13.4. The molecule has 0 unspecified atom stereocenters. The van der Waals surface area contributed by atoms with E-state index in [1.54, 1.807) is 0 Å². The highest BCUT2D eigenvalue weighted by Gasteiger charge is 2.42. The minimum Gasteiger partial charge on any atom is -0.321 e. The van der Waals surface area contributed by atoms with Crippen LogP contribution in [-0.2, 0) is 5.54 Å². The smallest absolute Gasteiger partial charge is 0.253 e. The summed E-state index contributed by atoms with van der Waals surface area (Å²) in [5, 5.41) is 14.2. The van der Waals surface area contributed by atoms with Crippen LogP contribution in [-0.4, -0.2) is 43.2 Å². The number of pyridine rings is 1. The quantitative estimate of drug-likeness (QED) is 0.532. The van der Waals surface area contributed by atoms with Crippen LogP contribution in [0.2, 0.25) is 0 Å². The number of aromatic nitrogens is 5. The van der Waals surface area contributed by atoms with Gasteiger partial charge in [0.25, 0.3) is 5.56 Å². The lowest BCUT2D eigenvalue weighted by molar-refractivity contribution is 0.0326. The number of likely N-dealkylation sites (tertiary alicyclic amines) is 1. The molecule has 0 radical (unpaired) electrons. The Morgan fingerprint density at radius 2 is 1.83 bits per heavy atom. The molecule has 1 aliphatic carbocycles. The Morgan fingerprint density at radius 3 is 2.57 bits per heavy atom. The normalized spacial score (nSPS) is 19.9. The van der Waals surface area contributed by atoms with E-state index in [1.165, 1.54) is 44.1 Å². The molecule has 5 rings (SSSR count). The zero-order chi connectivity index (χ0) is 24.8. The average Bonchev–Trinajstić information content (AvgIpc) is 3.31. The molecule has 0 amide bonds. The molecule has 0 bridgehead atoms. The van der Waals surface area contributed by atoms with Crippen molar-refractivity contribution in [3.63, 3.8) is 0 Å². The van der Waals surface area contributed by atoms with Gasteiger partial charge in [0, 0.05) is 12.1 Å². The summed E-state index contributed by atoms with van der Waals surface area (Å²) in [5.74, 6) is 0.777. The molecule has 188 valence electrons. The van der Waals surface area contributed by atoms with Crippen molar-refractivity contribution in [2.75, 3.05) is 13.1 Å². The summed E-state index contributed by atoms with van der Waals surface area (Å²) >= 11 is 0. The lowest BCUT2D eigenvalue weighted by atomic mass is 9.69. The Hall–Kier alpha value is -2.54. The number of nitrogens with one attached hydrogen (secondary N) is 1. The van der Waals surface area contributed by atoms with Gasteiger partial charge < -0.3 is 4.98 Å². The Morgan fingerprint density at radius 1 is 1.09 bits per heavy atom. The summed E-state index contributed by atoms with van der Waals surface area (Å²) in [4.78, 5) is 19.4. The van der Waals surface area contributed by atoms with Crippen molar-refractivity contribution in [2.45, 2.75) is 97.6 Å². The minimum atomic E-state index is -0.274. The van der Waals surface area contributed by atoms with Crippen molar-refractivity contribution >= 4 is 10.9 Å². The topological polar surface area (TPSA) is 79.7 Å². The van der Waals surface area contributed by atoms with Crippen molar-refractivity contribution in [3.8, 4) is 0 Å². The van der Waals surface area contributed by atoms with E-state index in [0.717, 1.165) is 53.8 Å². The number of tetrazole rings is 1. The van der Waals surface area contributed by atoms with Crippen molar-refractivity contribution in [1.29, 1.82) is 0 Å². The number of rotatable bonds is 5. The first-order chi connectivity index (χ1) is 16.7. The Bertz CT molecular complexity index is 1260. The predicted octanol–water partition coefficient (Wildman–Crippen LogP) is 5.41. The van der Waals surface area contributed by atoms with Crippen LogP contribution in [0.3, 0.4) is 0 Å². The van der Waals surface area contributed by atoms with E-state index in [1.807, 2.05) is 4.68 Å². The number of aromatic amines is 1. The van der Waals surface area contributed by atoms with Crippen LogP contribution in [0.15, 0.2) is 23.0 Å². The Labute approximate surface area is 208 Å². The standard InChI is InChI=1S/C28H40N6O/c1-6-27(4,5)34-25(30-31-32-34)24(33-14-10-13-28(18-33)11-8-7-9-12-28)22-17-21-16-19(2)15-20(3)23(21)29-26(22)35/h15-17,24H,6-14,18H2,1-5H3,(H,29,35)/t24-/m1/s1. The highest BCUT2D eigenvalue weighted by Crippen LogP contribution is 2.45. The highest BCUT2D eigenvalue weighted by atomic mass is 16.1. The number of aryl methyl sites for hydroxylation is 2. The van der Waals surface area contributed by atoms with E-state index >= 15 is 0 Å². The molecule has 1 atom stereocenters. The van der Waals surface area contributed by atoms with Crippen LogP contribution in [0.4, 0.5) is 0 Å². The van der Waals surface area contributed by atoms with Crippen LogP contribution in [0.1, 0.15) is 101 Å². The molecule has 1 spiro atoms. The van der Waals surface area contributed by atoms with E-state index in [0.29, 0.717) is 5.41 Å². The second-order valence-corrected chi connectivity index (χ2v) is 11.8. The Balaban J connectivity index is 1.68. The van der Waals surface area contributed by atoms with Gasteiger partial charge in [-0.2, -0.15) is 0 Å². The van der Waals surface area contributed by atoms with Crippen molar-refractivity contribution in [1.82, 2.24) is 30.1 Å². The third kappa shape index (κ3) is 4.44. The summed E-state index contributed by atoms with van der Waals surface area (Å²) in [6.45, 7) is 12.6. The second-order valence-electron chi connectivity index (χ2n) is 11.8. The summed E-state index contributed by atoms with van der Waals surface area (Å²) < 4.78 is 1.96. The number of fused-ring (bicyclic) bond motifs is 1. The molecule has 35 heavy (non-hydrogen) atoms. The third-order valence-corrected chi connectivity index (χ3v) is 8.76. The number of hydrogen-bond acceptors (Lipinski definition) is 5. The zero-order valence-electron chi connectivity index (χ0n) is 22.0. The summed E-state index contributed by atoms with van der Waals surface area (Å²) in [6.07, 6.45) is 9.88. The van der Waals surface area contributed by atoms with E-state index in [2.05, 4.69) is 78.2 Å². The van der Waals surface area contributed by atoms with Crippen LogP contribution < -0.4 is 5.56 Å². The molecule has 7 heteroatoms. The van der Waals surface area contributed by atoms with Crippen LogP contribution in [0.5, 0.6) is 0 Å². The number of benzene rings is 1. The number of H-pyrrole nitrogens is 1. The minimum absolute atomic E-state index is 0.0402. The molecule has 2 aliphatic rings. The molecule has 3 heterocycles. The maximum atomic E-state index is 13.7. The van der Waals surface area contributed by atoms with Gasteiger partial charge in [-0.15, -0.1) is 5.10 Å². The highest BCUT2D eigenvalue weighted by molar-refractivity contribution is 5.83. The molecular weight excluding hydrogens is 436 g/mol. The zero-order valence-corrected chi connectivity index (χ0v) is 22.0. The molecule has 2 fully saturated rings. The molecule has 1 saturated carbocycles. The Kier molecular flexibility index (Phi) is 6.32. The first-order valence-corrected chi connectivity index (χ1v) is 13.4. The van der Waals surface area contributed by atoms with Crippen LogP contribution >= 0.6 is 0 Å². The van der Waals surface area contributed by atoms with E-state index in [-0.39, 0.29) is 17.1 Å². The van der Waals surface area contributed by atoms with Crippen LogP contribution in [0.25, 0.3) is 10.9 Å². The van der Waals surface area contributed by atoms with Gasteiger partial charge >= 0.3 is 0 Å². The fraction of sp³-hybridized carbons (Fsp3) is 0.643. The molecule has 1 aliphatic heterocycles. The summed E-state index contributed by atoms with van der Waals surface area (Å²) in [5.41, 5.74) is 4.02. The van der Waals surface area contributed by atoms with Gasteiger partial charge in [-0.1, -0.05) is 37.8 Å². The van der Waals surface area contributed by atoms with Gasteiger partial charge in [-0.3, -0.25) is 9.69 Å². The monoisotopic (exact) mass is 476 g/mol. The molecule has 7 nitrogen and oxygen atoms in total. The van der Waals surface area contributed by atoms with E-state index in [9.17, 15) is 4.79 Å². The summed E-state index contributed by atoms with van der Waals surface area (Å²) in [6, 6.07) is 6.11.